The molecule has 1 aromatic carbocycles. The summed E-state index contributed by atoms with van der Waals surface area (Å²) in [7, 11) is 0. The number of hydrogen-bond donors (Lipinski definition) is 1. The van der Waals surface area contributed by atoms with E-state index in [1.54, 1.807) is 18.7 Å². The smallest absolute Gasteiger partial charge is 0.140 e. The Kier molecular flexibility index (Phi) is 4.29. The van der Waals surface area contributed by atoms with E-state index in [1.165, 1.54) is 5.69 Å². The van der Waals surface area contributed by atoms with E-state index >= 15 is 0 Å². The van der Waals surface area contributed by atoms with E-state index in [0.29, 0.717) is 12.5 Å². The van der Waals surface area contributed by atoms with Crippen LogP contribution in [0.2, 0.25) is 0 Å². The van der Waals surface area contributed by atoms with Gasteiger partial charge in [0.1, 0.15) is 24.0 Å². The third kappa shape index (κ3) is 3.03. The zero-order valence-corrected chi connectivity index (χ0v) is 15.5. The lowest BCUT2D eigenvalue weighted by Crippen LogP contribution is -2.46. The lowest BCUT2D eigenvalue weighted by molar-refractivity contribution is 0.260. The third-order valence-corrected chi connectivity index (χ3v) is 5.41. The molecular formula is C21H22N6O. The molecule has 1 N–H and O–H groups in total. The molecule has 1 aliphatic heterocycles. The molecule has 1 fully saturated rings. The Morgan fingerprint density at radius 2 is 1.86 bits per heavy atom. The monoisotopic (exact) mass is 374 g/mol. The number of aromatic nitrogens is 5. The highest BCUT2D eigenvalue weighted by atomic mass is 16.2. The maximum atomic E-state index is 8.96. The molecule has 4 heterocycles. The molecule has 4 aromatic rings. The lowest BCUT2D eigenvalue weighted by atomic mass is 9.94. The second-order valence-corrected chi connectivity index (χ2v) is 7.27. The molecular weight excluding hydrogens is 352 g/mol. The van der Waals surface area contributed by atoms with Gasteiger partial charge in [0.15, 0.2) is 0 Å². The number of imidazole rings is 2. The van der Waals surface area contributed by atoms with Crippen LogP contribution >= 0.6 is 0 Å². The quantitative estimate of drug-likeness (QED) is 0.562. The van der Waals surface area contributed by atoms with Crippen molar-refractivity contribution >= 4 is 16.7 Å². The average molecular weight is 374 g/mol. The Morgan fingerprint density at radius 1 is 1.04 bits per heavy atom. The molecule has 28 heavy (non-hydrogen) atoms. The molecule has 5 rings (SSSR count). The fraction of sp³-hybridized carbons (Fsp3) is 0.286. The Balaban J connectivity index is 1.38. The van der Waals surface area contributed by atoms with Gasteiger partial charge in [-0.25, -0.2) is 15.0 Å². The van der Waals surface area contributed by atoms with Crippen molar-refractivity contribution < 1.29 is 5.11 Å². The third-order valence-electron chi connectivity index (χ3n) is 5.41. The average Bonchev–Trinajstić information content (AvgIpc) is 3.37. The molecule has 142 valence electrons. The number of fused-ring (bicyclic) bond motifs is 1. The van der Waals surface area contributed by atoms with Crippen LogP contribution in [0.25, 0.3) is 22.5 Å². The largest absolute Gasteiger partial charge is 0.396 e. The summed E-state index contributed by atoms with van der Waals surface area (Å²) < 4.78 is 3.97. The van der Waals surface area contributed by atoms with E-state index in [4.69, 9.17) is 5.11 Å². The van der Waals surface area contributed by atoms with Crippen molar-refractivity contribution in [2.24, 2.45) is 5.92 Å². The molecule has 0 saturated carbocycles. The van der Waals surface area contributed by atoms with Gasteiger partial charge >= 0.3 is 0 Å². The second-order valence-electron chi connectivity index (χ2n) is 7.27. The van der Waals surface area contributed by atoms with E-state index in [9.17, 15) is 0 Å². The second kappa shape index (κ2) is 7.09. The fourth-order valence-corrected chi connectivity index (χ4v) is 3.81. The molecule has 7 nitrogen and oxygen atoms in total. The first kappa shape index (κ1) is 16.9. The molecule has 3 aromatic heterocycles. The number of anilines is 1. The van der Waals surface area contributed by atoms with Crippen molar-refractivity contribution in [2.75, 3.05) is 24.6 Å². The summed E-state index contributed by atoms with van der Waals surface area (Å²) in [5.41, 5.74) is 4.20. The Labute approximate surface area is 162 Å². The highest BCUT2D eigenvalue weighted by molar-refractivity contribution is 5.78. The van der Waals surface area contributed by atoms with Gasteiger partial charge in [0.25, 0.3) is 0 Å². The topological polar surface area (TPSA) is 72.0 Å². The minimum atomic E-state index is 0.294. The SMILES string of the molecule is OCCCC1CN(c2ccc(-n3cnc4cnc(-n5ccnc5)cc43)cc2)C1. The van der Waals surface area contributed by atoms with Gasteiger partial charge in [0.2, 0.25) is 0 Å². The van der Waals surface area contributed by atoms with Gasteiger partial charge in [0, 0.05) is 49.5 Å². The molecule has 0 atom stereocenters. The summed E-state index contributed by atoms with van der Waals surface area (Å²) >= 11 is 0. The summed E-state index contributed by atoms with van der Waals surface area (Å²) in [6.45, 7) is 2.45. The van der Waals surface area contributed by atoms with Gasteiger partial charge in [-0.1, -0.05) is 0 Å². The first-order valence-corrected chi connectivity index (χ1v) is 9.59. The van der Waals surface area contributed by atoms with Gasteiger partial charge in [-0.05, 0) is 43.0 Å². The number of nitrogens with zero attached hydrogens (tertiary/aromatic N) is 6. The summed E-state index contributed by atoms with van der Waals surface area (Å²) in [6.07, 6.45) is 11.0. The van der Waals surface area contributed by atoms with Crippen LogP contribution in [0, 0.1) is 5.92 Å². The van der Waals surface area contributed by atoms with Crippen LogP contribution < -0.4 is 4.90 Å². The number of aliphatic hydroxyl groups excluding tert-OH is 1. The van der Waals surface area contributed by atoms with Gasteiger partial charge in [-0.2, -0.15) is 0 Å². The highest BCUT2D eigenvalue weighted by Crippen LogP contribution is 2.28. The number of hydrogen-bond acceptors (Lipinski definition) is 5. The summed E-state index contributed by atoms with van der Waals surface area (Å²) in [6, 6.07) is 10.6. The fourth-order valence-electron chi connectivity index (χ4n) is 3.81. The Hall–Kier alpha value is -3.19. The number of rotatable bonds is 6. The summed E-state index contributed by atoms with van der Waals surface area (Å²) in [5, 5.41) is 8.96. The van der Waals surface area contributed by atoms with Crippen molar-refractivity contribution in [3.05, 3.63) is 61.6 Å². The van der Waals surface area contributed by atoms with Gasteiger partial charge in [0.05, 0.1) is 11.7 Å². The normalized spacial score (nSPS) is 14.5. The van der Waals surface area contributed by atoms with Crippen molar-refractivity contribution in [1.82, 2.24) is 24.1 Å². The van der Waals surface area contributed by atoms with Crippen LogP contribution in [0.15, 0.2) is 61.6 Å². The highest BCUT2D eigenvalue weighted by Gasteiger charge is 2.26. The molecule has 0 bridgehead atoms. The van der Waals surface area contributed by atoms with Crippen LogP contribution in [0.1, 0.15) is 12.8 Å². The maximum absolute atomic E-state index is 8.96. The maximum Gasteiger partial charge on any atom is 0.140 e. The zero-order chi connectivity index (χ0) is 18.9. The predicted octanol–water partition coefficient (Wildman–Crippen LogP) is 2.81. The number of aliphatic hydroxyl groups is 1. The molecule has 1 aliphatic rings. The Morgan fingerprint density at radius 3 is 2.61 bits per heavy atom. The molecule has 0 unspecified atom stereocenters. The molecule has 0 amide bonds. The predicted molar refractivity (Wildman–Crippen MR) is 108 cm³/mol. The van der Waals surface area contributed by atoms with Crippen LogP contribution in [-0.2, 0) is 0 Å². The first-order chi connectivity index (χ1) is 13.8. The molecule has 0 spiro atoms. The molecule has 0 radical (unpaired) electrons. The van der Waals surface area contributed by atoms with E-state index < -0.39 is 0 Å². The minimum Gasteiger partial charge on any atom is -0.396 e. The molecule has 0 aliphatic carbocycles. The van der Waals surface area contributed by atoms with Crippen LogP contribution in [0.5, 0.6) is 0 Å². The van der Waals surface area contributed by atoms with Crippen molar-refractivity contribution in [3.8, 4) is 11.5 Å². The zero-order valence-electron chi connectivity index (χ0n) is 15.5. The van der Waals surface area contributed by atoms with Crippen LogP contribution in [-0.4, -0.2) is 48.9 Å². The van der Waals surface area contributed by atoms with Crippen LogP contribution in [0.3, 0.4) is 0 Å². The van der Waals surface area contributed by atoms with Crippen molar-refractivity contribution in [3.63, 3.8) is 0 Å². The first-order valence-electron chi connectivity index (χ1n) is 9.59. The standard InChI is InChI=1S/C21H22N6O/c28-9-1-2-16-12-26(13-16)17-3-5-18(6-4-17)27-15-24-19-11-23-21(10-20(19)27)25-8-7-22-14-25/h3-8,10-11,14-16,28H,1-2,9,12-13H2. The van der Waals surface area contributed by atoms with E-state index in [-0.39, 0.29) is 0 Å². The van der Waals surface area contributed by atoms with Crippen molar-refractivity contribution in [2.45, 2.75) is 12.8 Å². The van der Waals surface area contributed by atoms with E-state index in [0.717, 1.165) is 48.5 Å². The summed E-state index contributed by atoms with van der Waals surface area (Å²) in [5.74, 6) is 1.52. The van der Waals surface area contributed by atoms with Crippen molar-refractivity contribution in [1.29, 1.82) is 0 Å². The van der Waals surface area contributed by atoms with Gasteiger partial charge in [-0.15, -0.1) is 0 Å². The molecule has 1 saturated heterocycles. The minimum absolute atomic E-state index is 0.294. The lowest BCUT2D eigenvalue weighted by Gasteiger charge is -2.41. The van der Waals surface area contributed by atoms with Crippen LogP contribution in [0.4, 0.5) is 5.69 Å². The summed E-state index contributed by atoms with van der Waals surface area (Å²) in [4.78, 5) is 15.4. The van der Waals surface area contributed by atoms with E-state index in [2.05, 4.69) is 48.7 Å². The Bertz CT molecular complexity index is 1060. The van der Waals surface area contributed by atoms with Gasteiger partial charge < -0.3 is 10.0 Å². The number of pyridine rings is 1. The van der Waals surface area contributed by atoms with Gasteiger partial charge in [-0.3, -0.25) is 9.13 Å². The van der Waals surface area contributed by atoms with E-state index in [1.807, 2.05) is 23.2 Å². The number of benzene rings is 1. The molecule has 7 heteroatoms.